The van der Waals surface area contributed by atoms with E-state index in [1.54, 1.807) is 18.2 Å². The van der Waals surface area contributed by atoms with E-state index in [4.69, 9.17) is 4.74 Å². The highest BCUT2D eigenvalue weighted by atomic mass is 16.5. The number of anilines is 1. The molecule has 0 saturated heterocycles. The van der Waals surface area contributed by atoms with Crippen LogP contribution in [-0.2, 0) is 0 Å². The summed E-state index contributed by atoms with van der Waals surface area (Å²) < 4.78 is 5.61. The predicted molar refractivity (Wildman–Crippen MR) is 81.8 cm³/mol. The molecule has 21 heavy (non-hydrogen) atoms. The van der Waals surface area contributed by atoms with Crippen molar-refractivity contribution in [2.45, 2.75) is 13.8 Å². The van der Waals surface area contributed by atoms with Crippen LogP contribution in [0.1, 0.15) is 24.2 Å². The van der Waals surface area contributed by atoms with Crippen LogP contribution in [0.15, 0.2) is 47.4 Å². The monoisotopic (exact) mass is 286 g/mol. The first-order valence-electron chi connectivity index (χ1n) is 6.77. The van der Waals surface area contributed by atoms with Gasteiger partial charge in [0.2, 0.25) is 5.56 Å². The molecule has 2 rings (SSSR count). The summed E-state index contributed by atoms with van der Waals surface area (Å²) in [5.41, 5.74) is 0.630. The lowest BCUT2D eigenvalue weighted by molar-refractivity contribution is 0.102. The highest BCUT2D eigenvalue weighted by Crippen LogP contribution is 2.18. The van der Waals surface area contributed by atoms with Crippen LogP contribution in [-0.4, -0.2) is 17.5 Å². The first kappa shape index (κ1) is 14.8. The number of nitrogens with one attached hydrogen (secondary N) is 2. The van der Waals surface area contributed by atoms with Gasteiger partial charge in [-0.05, 0) is 24.1 Å². The van der Waals surface area contributed by atoms with E-state index < -0.39 is 0 Å². The zero-order valence-electron chi connectivity index (χ0n) is 12.1. The van der Waals surface area contributed by atoms with E-state index in [9.17, 15) is 9.59 Å². The lowest BCUT2D eigenvalue weighted by atomic mass is 10.2. The fourth-order valence-electron chi connectivity index (χ4n) is 1.72. The number of ether oxygens (including phenoxy) is 1. The van der Waals surface area contributed by atoms with E-state index in [1.807, 2.05) is 12.1 Å². The van der Waals surface area contributed by atoms with Crippen molar-refractivity contribution >= 4 is 11.6 Å². The van der Waals surface area contributed by atoms with Crippen molar-refractivity contribution in [2.75, 3.05) is 11.9 Å². The van der Waals surface area contributed by atoms with E-state index in [-0.39, 0.29) is 11.5 Å². The molecule has 2 N–H and O–H groups in total. The van der Waals surface area contributed by atoms with E-state index in [2.05, 4.69) is 24.1 Å². The third-order valence-electron chi connectivity index (χ3n) is 2.71. The molecule has 0 radical (unpaired) electrons. The molecule has 0 unspecified atom stereocenters. The second-order valence-corrected chi connectivity index (χ2v) is 5.13. The zero-order valence-corrected chi connectivity index (χ0v) is 12.1. The van der Waals surface area contributed by atoms with Crippen LogP contribution >= 0.6 is 0 Å². The summed E-state index contributed by atoms with van der Waals surface area (Å²) in [6.45, 7) is 4.75. The molecule has 0 saturated carbocycles. The fourth-order valence-corrected chi connectivity index (χ4v) is 1.72. The van der Waals surface area contributed by atoms with Crippen molar-refractivity contribution < 1.29 is 9.53 Å². The number of hydrogen-bond donors (Lipinski definition) is 2. The molecule has 1 aromatic carbocycles. The highest BCUT2D eigenvalue weighted by Gasteiger charge is 2.07. The van der Waals surface area contributed by atoms with Gasteiger partial charge in [0, 0.05) is 29.6 Å². The van der Waals surface area contributed by atoms with Crippen molar-refractivity contribution in [1.82, 2.24) is 4.98 Å². The summed E-state index contributed by atoms with van der Waals surface area (Å²) in [7, 11) is 0. The molecule has 5 nitrogen and oxygen atoms in total. The molecule has 0 aliphatic carbocycles. The number of aromatic nitrogens is 1. The summed E-state index contributed by atoms with van der Waals surface area (Å²) in [6, 6.07) is 9.99. The summed E-state index contributed by atoms with van der Waals surface area (Å²) in [5, 5.41) is 2.74. The molecule has 0 atom stereocenters. The first-order valence-corrected chi connectivity index (χ1v) is 6.77. The van der Waals surface area contributed by atoms with Crippen LogP contribution in [0.25, 0.3) is 0 Å². The molecule has 2 aromatic rings. The van der Waals surface area contributed by atoms with Gasteiger partial charge in [0.1, 0.15) is 5.75 Å². The number of benzene rings is 1. The Balaban J connectivity index is 2.07. The van der Waals surface area contributed by atoms with E-state index >= 15 is 0 Å². The van der Waals surface area contributed by atoms with Gasteiger partial charge in [0.05, 0.1) is 6.61 Å². The molecule has 5 heteroatoms. The molecular formula is C16H18N2O3. The second-order valence-electron chi connectivity index (χ2n) is 5.13. The number of carbonyl (C=O) groups is 1. The summed E-state index contributed by atoms with van der Waals surface area (Å²) in [5.74, 6) is 0.800. The van der Waals surface area contributed by atoms with Gasteiger partial charge in [0.15, 0.2) is 0 Å². The standard InChI is InChI=1S/C16H18N2O3/c1-11(2)10-21-14-5-3-4-13(9-14)18-16(20)12-6-7-17-15(19)8-12/h3-9,11H,10H2,1-2H3,(H,17,19)(H,18,20). The Morgan fingerprint density at radius 1 is 1.29 bits per heavy atom. The van der Waals surface area contributed by atoms with Gasteiger partial charge in [-0.3, -0.25) is 9.59 Å². The molecule has 0 bridgehead atoms. The maximum Gasteiger partial charge on any atom is 0.255 e. The molecular weight excluding hydrogens is 268 g/mol. The summed E-state index contributed by atoms with van der Waals surface area (Å²) in [6.07, 6.45) is 1.44. The van der Waals surface area contributed by atoms with Gasteiger partial charge in [-0.15, -0.1) is 0 Å². The average Bonchev–Trinajstić information content (AvgIpc) is 2.45. The molecule has 0 aliphatic heterocycles. The fraction of sp³-hybridized carbons (Fsp3) is 0.250. The van der Waals surface area contributed by atoms with E-state index in [0.717, 1.165) is 0 Å². The molecule has 1 aromatic heterocycles. The Hall–Kier alpha value is -2.56. The molecule has 110 valence electrons. The number of aromatic amines is 1. The lowest BCUT2D eigenvalue weighted by Crippen LogP contribution is -2.15. The molecule has 1 heterocycles. The van der Waals surface area contributed by atoms with Crippen molar-refractivity contribution in [3.05, 3.63) is 58.5 Å². The van der Waals surface area contributed by atoms with Gasteiger partial charge in [0.25, 0.3) is 5.91 Å². The van der Waals surface area contributed by atoms with Crippen LogP contribution in [0.4, 0.5) is 5.69 Å². The van der Waals surface area contributed by atoms with Gasteiger partial charge in [-0.25, -0.2) is 0 Å². The van der Waals surface area contributed by atoms with Crippen LogP contribution in [0.3, 0.4) is 0 Å². The van der Waals surface area contributed by atoms with E-state index in [0.29, 0.717) is 29.5 Å². The van der Waals surface area contributed by atoms with Crippen LogP contribution in [0.5, 0.6) is 5.75 Å². The normalized spacial score (nSPS) is 10.4. The largest absolute Gasteiger partial charge is 0.493 e. The summed E-state index contributed by atoms with van der Waals surface area (Å²) >= 11 is 0. The number of amides is 1. The first-order chi connectivity index (χ1) is 10.0. The second kappa shape index (κ2) is 6.74. The number of H-pyrrole nitrogens is 1. The Morgan fingerprint density at radius 2 is 2.10 bits per heavy atom. The maximum absolute atomic E-state index is 12.0. The highest BCUT2D eigenvalue weighted by molar-refractivity contribution is 6.04. The minimum absolute atomic E-state index is 0.309. The van der Waals surface area contributed by atoms with Gasteiger partial charge in [-0.2, -0.15) is 0 Å². The van der Waals surface area contributed by atoms with Crippen LogP contribution < -0.4 is 15.6 Å². The summed E-state index contributed by atoms with van der Waals surface area (Å²) in [4.78, 5) is 25.7. The average molecular weight is 286 g/mol. The van der Waals surface area contributed by atoms with Gasteiger partial charge < -0.3 is 15.0 Å². The number of pyridine rings is 1. The minimum Gasteiger partial charge on any atom is -0.493 e. The Labute approximate surface area is 123 Å². The number of rotatable bonds is 5. The van der Waals surface area contributed by atoms with Gasteiger partial charge in [-0.1, -0.05) is 19.9 Å². The van der Waals surface area contributed by atoms with Crippen LogP contribution in [0, 0.1) is 5.92 Å². The molecule has 1 amide bonds. The zero-order chi connectivity index (χ0) is 15.2. The topological polar surface area (TPSA) is 71.2 Å². The maximum atomic E-state index is 12.0. The van der Waals surface area contributed by atoms with Gasteiger partial charge >= 0.3 is 0 Å². The molecule has 0 fully saturated rings. The quantitative estimate of drug-likeness (QED) is 0.887. The number of hydrogen-bond acceptors (Lipinski definition) is 3. The lowest BCUT2D eigenvalue weighted by Gasteiger charge is -2.10. The van der Waals surface area contributed by atoms with E-state index in [1.165, 1.54) is 12.3 Å². The van der Waals surface area contributed by atoms with Crippen molar-refractivity contribution in [3.8, 4) is 5.75 Å². The van der Waals surface area contributed by atoms with Crippen molar-refractivity contribution in [2.24, 2.45) is 5.92 Å². The third-order valence-corrected chi connectivity index (χ3v) is 2.71. The SMILES string of the molecule is CC(C)COc1cccc(NC(=O)c2cc[nH]c(=O)c2)c1. The third kappa shape index (κ3) is 4.49. The minimum atomic E-state index is -0.331. The molecule has 0 spiro atoms. The van der Waals surface area contributed by atoms with Crippen molar-refractivity contribution in [1.29, 1.82) is 0 Å². The Bertz CT molecular complexity index is 677. The Morgan fingerprint density at radius 3 is 2.81 bits per heavy atom. The predicted octanol–water partition coefficient (Wildman–Crippen LogP) is 2.66. The number of carbonyl (C=O) groups excluding carboxylic acids is 1. The Kier molecular flexibility index (Phi) is 4.77. The smallest absolute Gasteiger partial charge is 0.255 e. The van der Waals surface area contributed by atoms with Crippen LogP contribution in [0.2, 0.25) is 0 Å². The molecule has 0 aliphatic rings. The van der Waals surface area contributed by atoms with Crippen molar-refractivity contribution in [3.63, 3.8) is 0 Å².